The number of sulfonamides is 1. The van der Waals surface area contributed by atoms with Crippen LogP contribution in [0.25, 0.3) is 0 Å². The molecule has 24 heavy (non-hydrogen) atoms. The number of carbonyl (C=O) groups is 1. The summed E-state index contributed by atoms with van der Waals surface area (Å²) in [6.07, 6.45) is 3.52. The minimum atomic E-state index is -3.56. The van der Waals surface area contributed by atoms with E-state index < -0.39 is 10.0 Å². The summed E-state index contributed by atoms with van der Waals surface area (Å²) in [5.74, 6) is 0.433. The number of nitrogens with zero attached hydrogens (tertiary/aromatic N) is 1. The molecule has 1 aromatic rings. The van der Waals surface area contributed by atoms with Crippen LogP contribution in [0.3, 0.4) is 0 Å². The number of benzene rings is 1. The second-order valence-corrected chi connectivity index (χ2v) is 8.45. The third-order valence-corrected chi connectivity index (χ3v) is 6.47. The molecular weight excluding hydrogens is 326 g/mol. The fourth-order valence-electron chi connectivity index (χ4n) is 3.29. The maximum Gasteiger partial charge on any atom is 0.240 e. The maximum absolute atomic E-state index is 12.6. The van der Waals surface area contributed by atoms with Gasteiger partial charge in [0.25, 0.3) is 0 Å². The molecule has 1 saturated carbocycles. The third-order valence-electron chi connectivity index (χ3n) is 4.99. The minimum absolute atomic E-state index is 0.0625. The number of hydrogen-bond acceptors (Lipinski definition) is 4. The van der Waals surface area contributed by atoms with Crippen LogP contribution in [-0.2, 0) is 27.7 Å². The lowest BCUT2D eigenvalue weighted by atomic mass is 10.0. The number of carbonyl (C=O) groups excluding carboxylic acids is 1. The van der Waals surface area contributed by atoms with E-state index in [0.29, 0.717) is 32.0 Å². The molecule has 1 heterocycles. The van der Waals surface area contributed by atoms with Crippen LogP contribution in [-0.4, -0.2) is 44.9 Å². The van der Waals surface area contributed by atoms with E-state index in [-0.39, 0.29) is 16.8 Å². The summed E-state index contributed by atoms with van der Waals surface area (Å²) in [5.41, 5.74) is 7.84. The molecule has 0 bridgehead atoms. The SMILES string of the molecule is CC(=O)N1CCc2ccc(S(=O)(=O)NC(CN)C3CC3)cc2CC1. The number of nitrogens with two attached hydrogens (primary N) is 1. The predicted molar refractivity (Wildman–Crippen MR) is 92.0 cm³/mol. The number of amides is 1. The summed E-state index contributed by atoms with van der Waals surface area (Å²) in [4.78, 5) is 13.7. The van der Waals surface area contributed by atoms with Gasteiger partial charge in [0.05, 0.1) is 4.90 Å². The standard InChI is InChI=1S/C17H25N3O3S/c1-12(21)20-8-6-13-4-5-16(10-15(13)7-9-20)24(22,23)19-17(11-18)14-2-3-14/h4-5,10,14,17,19H,2-3,6-9,11,18H2,1H3. The maximum atomic E-state index is 12.6. The molecule has 0 spiro atoms. The predicted octanol–water partition coefficient (Wildman–Crippen LogP) is 0.649. The first-order chi connectivity index (χ1) is 11.4. The number of rotatable bonds is 5. The van der Waals surface area contributed by atoms with Gasteiger partial charge in [-0.25, -0.2) is 13.1 Å². The van der Waals surface area contributed by atoms with Crippen molar-refractivity contribution in [1.29, 1.82) is 0 Å². The summed E-state index contributed by atoms with van der Waals surface area (Å²) in [6.45, 7) is 3.21. The Balaban J connectivity index is 1.79. The molecule has 1 amide bonds. The molecule has 0 saturated heterocycles. The highest BCUT2D eigenvalue weighted by atomic mass is 32.2. The van der Waals surface area contributed by atoms with Crippen molar-refractivity contribution in [3.05, 3.63) is 29.3 Å². The van der Waals surface area contributed by atoms with Crippen molar-refractivity contribution in [1.82, 2.24) is 9.62 Å². The zero-order chi connectivity index (χ0) is 17.3. The molecule has 2 aliphatic rings. The van der Waals surface area contributed by atoms with Gasteiger partial charge in [-0.3, -0.25) is 4.79 Å². The van der Waals surface area contributed by atoms with Gasteiger partial charge in [0, 0.05) is 32.6 Å². The lowest BCUT2D eigenvalue weighted by Gasteiger charge is -2.17. The van der Waals surface area contributed by atoms with Crippen LogP contribution in [0.15, 0.2) is 23.1 Å². The van der Waals surface area contributed by atoms with E-state index >= 15 is 0 Å². The first-order valence-corrected chi connectivity index (χ1v) is 9.99. The van der Waals surface area contributed by atoms with Gasteiger partial charge in [0.15, 0.2) is 0 Å². The fraction of sp³-hybridized carbons (Fsp3) is 0.588. The molecule has 1 aliphatic carbocycles. The normalized spacial score (nSPS) is 19.5. The summed E-state index contributed by atoms with van der Waals surface area (Å²) in [6, 6.07) is 5.11. The van der Waals surface area contributed by atoms with E-state index in [1.54, 1.807) is 19.1 Å². The highest BCUT2D eigenvalue weighted by Gasteiger charge is 2.33. The van der Waals surface area contributed by atoms with Crippen LogP contribution in [0, 0.1) is 5.92 Å². The Morgan fingerprint density at radius 2 is 1.96 bits per heavy atom. The van der Waals surface area contributed by atoms with Gasteiger partial charge in [-0.2, -0.15) is 0 Å². The Kier molecular flexibility index (Phi) is 4.94. The highest BCUT2D eigenvalue weighted by molar-refractivity contribution is 7.89. The van der Waals surface area contributed by atoms with E-state index in [4.69, 9.17) is 5.73 Å². The molecule has 3 rings (SSSR count). The summed E-state index contributed by atoms with van der Waals surface area (Å²) >= 11 is 0. The molecule has 7 heteroatoms. The van der Waals surface area contributed by atoms with E-state index in [0.717, 1.165) is 30.4 Å². The molecular formula is C17H25N3O3S. The second kappa shape index (κ2) is 6.82. The van der Waals surface area contributed by atoms with Crippen molar-refractivity contribution in [2.45, 2.75) is 43.5 Å². The first-order valence-electron chi connectivity index (χ1n) is 8.50. The molecule has 3 N–H and O–H groups in total. The van der Waals surface area contributed by atoms with Gasteiger partial charge in [-0.1, -0.05) is 6.07 Å². The van der Waals surface area contributed by atoms with Gasteiger partial charge < -0.3 is 10.6 Å². The monoisotopic (exact) mass is 351 g/mol. The van der Waals surface area contributed by atoms with Crippen molar-refractivity contribution in [2.75, 3.05) is 19.6 Å². The van der Waals surface area contributed by atoms with Crippen molar-refractivity contribution in [2.24, 2.45) is 11.7 Å². The lowest BCUT2D eigenvalue weighted by molar-refractivity contribution is -0.128. The van der Waals surface area contributed by atoms with Crippen molar-refractivity contribution < 1.29 is 13.2 Å². The van der Waals surface area contributed by atoms with Crippen LogP contribution in [0.5, 0.6) is 0 Å². The second-order valence-electron chi connectivity index (χ2n) is 6.74. The molecule has 1 atom stereocenters. The average molecular weight is 351 g/mol. The molecule has 132 valence electrons. The molecule has 1 unspecified atom stereocenters. The van der Waals surface area contributed by atoms with Gasteiger partial charge in [0.2, 0.25) is 15.9 Å². The fourth-order valence-corrected chi connectivity index (χ4v) is 4.65. The van der Waals surface area contributed by atoms with Gasteiger partial charge in [-0.15, -0.1) is 0 Å². The van der Waals surface area contributed by atoms with Gasteiger partial charge >= 0.3 is 0 Å². The Labute approximate surface area is 143 Å². The van der Waals surface area contributed by atoms with Crippen LogP contribution in [0.1, 0.15) is 30.9 Å². The van der Waals surface area contributed by atoms with E-state index in [1.807, 2.05) is 11.0 Å². The molecule has 1 aromatic carbocycles. The minimum Gasteiger partial charge on any atom is -0.342 e. The Bertz CT molecular complexity index is 729. The molecule has 0 aromatic heterocycles. The van der Waals surface area contributed by atoms with Crippen molar-refractivity contribution in [3.8, 4) is 0 Å². The Morgan fingerprint density at radius 1 is 1.29 bits per heavy atom. The summed E-state index contributed by atoms with van der Waals surface area (Å²) in [5, 5.41) is 0. The molecule has 1 fully saturated rings. The summed E-state index contributed by atoms with van der Waals surface area (Å²) < 4.78 is 28.0. The van der Waals surface area contributed by atoms with Crippen LogP contribution in [0.2, 0.25) is 0 Å². The number of fused-ring (bicyclic) bond motifs is 1. The molecule has 6 nitrogen and oxygen atoms in total. The molecule has 0 radical (unpaired) electrons. The van der Waals surface area contributed by atoms with Crippen LogP contribution >= 0.6 is 0 Å². The highest BCUT2D eigenvalue weighted by Crippen LogP contribution is 2.33. The van der Waals surface area contributed by atoms with Gasteiger partial charge in [0.1, 0.15) is 0 Å². The van der Waals surface area contributed by atoms with Crippen molar-refractivity contribution in [3.63, 3.8) is 0 Å². The first kappa shape index (κ1) is 17.4. The van der Waals surface area contributed by atoms with Crippen LogP contribution < -0.4 is 10.5 Å². The van der Waals surface area contributed by atoms with Crippen LogP contribution in [0.4, 0.5) is 0 Å². The average Bonchev–Trinajstić information content (AvgIpc) is 3.38. The van der Waals surface area contributed by atoms with E-state index in [2.05, 4.69) is 4.72 Å². The number of nitrogens with one attached hydrogen (secondary N) is 1. The lowest BCUT2D eigenvalue weighted by Crippen LogP contribution is -2.41. The van der Waals surface area contributed by atoms with E-state index in [1.165, 1.54) is 0 Å². The summed E-state index contributed by atoms with van der Waals surface area (Å²) in [7, 11) is -3.56. The molecule has 1 aliphatic heterocycles. The van der Waals surface area contributed by atoms with E-state index in [9.17, 15) is 13.2 Å². The zero-order valence-corrected chi connectivity index (χ0v) is 14.8. The Morgan fingerprint density at radius 3 is 2.54 bits per heavy atom. The Hall–Kier alpha value is -1.44. The number of hydrogen-bond donors (Lipinski definition) is 2. The van der Waals surface area contributed by atoms with Gasteiger partial charge in [-0.05, 0) is 54.9 Å². The smallest absolute Gasteiger partial charge is 0.240 e. The topological polar surface area (TPSA) is 92.5 Å². The third kappa shape index (κ3) is 3.79. The zero-order valence-electron chi connectivity index (χ0n) is 14.0. The largest absolute Gasteiger partial charge is 0.342 e. The van der Waals surface area contributed by atoms with Crippen molar-refractivity contribution >= 4 is 15.9 Å². The quantitative estimate of drug-likeness (QED) is 0.815.